The zero-order chi connectivity index (χ0) is 21.0. The first-order valence-corrected chi connectivity index (χ1v) is 9.71. The zero-order valence-electron chi connectivity index (χ0n) is 16.5. The number of rotatable bonds is 6. The number of nitrogens with zero attached hydrogens (tertiary/aromatic N) is 1. The van der Waals surface area contributed by atoms with Gasteiger partial charge in [-0.25, -0.2) is 4.99 Å². The molecule has 0 bridgehead atoms. The maximum absolute atomic E-state index is 12.4. The van der Waals surface area contributed by atoms with Crippen LogP contribution < -0.4 is 14.8 Å². The highest BCUT2D eigenvalue weighted by molar-refractivity contribution is 8.18. The van der Waals surface area contributed by atoms with E-state index in [9.17, 15) is 9.90 Å². The number of nitrogens with one attached hydrogen (secondary N) is 1. The second-order valence-electron chi connectivity index (χ2n) is 6.38. The third-order valence-corrected chi connectivity index (χ3v) is 5.18. The minimum atomic E-state index is -0.238. The van der Waals surface area contributed by atoms with E-state index in [0.717, 1.165) is 11.1 Å². The highest BCUT2D eigenvalue weighted by atomic mass is 32.2. The van der Waals surface area contributed by atoms with Crippen molar-refractivity contribution in [3.8, 4) is 17.2 Å². The molecule has 0 unspecified atom stereocenters. The Morgan fingerprint density at radius 3 is 2.66 bits per heavy atom. The molecule has 0 aliphatic carbocycles. The summed E-state index contributed by atoms with van der Waals surface area (Å²) in [6.45, 7) is 5.67. The topological polar surface area (TPSA) is 80.2 Å². The molecule has 2 aromatic carbocycles. The van der Waals surface area contributed by atoms with Crippen molar-refractivity contribution >= 4 is 34.6 Å². The first kappa shape index (κ1) is 20.5. The van der Waals surface area contributed by atoms with Crippen LogP contribution in [0, 0.1) is 6.92 Å². The summed E-state index contributed by atoms with van der Waals surface area (Å²) in [4.78, 5) is 17.4. The van der Waals surface area contributed by atoms with Crippen LogP contribution in [0.5, 0.6) is 17.2 Å². The number of hydrogen-bond donors (Lipinski definition) is 2. The number of phenols is 1. The van der Waals surface area contributed by atoms with Gasteiger partial charge in [-0.15, -0.1) is 6.58 Å². The molecular formula is C22H22N2O4S. The number of carbonyl (C=O) groups excluding carboxylic acids is 1. The summed E-state index contributed by atoms with van der Waals surface area (Å²) in [7, 11) is 3.07. The number of thioether (sulfide) groups is 1. The van der Waals surface area contributed by atoms with E-state index in [4.69, 9.17) is 9.47 Å². The van der Waals surface area contributed by atoms with Gasteiger partial charge in [-0.3, -0.25) is 4.79 Å². The smallest absolute Gasteiger partial charge is 0.264 e. The molecule has 1 saturated heterocycles. The van der Waals surface area contributed by atoms with Crippen LogP contribution >= 0.6 is 11.8 Å². The number of methoxy groups -OCH3 is 2. The Hall–Kier alpha value is -3.19. The number of aromatic hydroxyl groups is 1. The van der Waals surface area contributed by atoms with Crippen LogP contribution in [0.2, 0.25) is 0 Å². The Morgan fingerprint density at radius 2 is 1.97 bits per heavy atom. The van der Waals surface area contributed by atoms with Gasteiger partial charge >= 0.3 is 0 Å². The van der Waals surface area contributed by atoms with Gasteiger partial charge in [-0.1, -0.05) is 12.1 Å². The molecule has 0 aromatic heterocycles. The minimum absolute atomic E-state index is 0.0758. The van der Waals surface area contributed by atoms with Crippen LogP contribution in [-0.2, 0) is 11.2 Å². The van der Waals surface area contributed by atoms with E-state index < -0.39 is 0 Å². The van der Waals surface area contributed by atoms with Gasteiger partial charge in [-0.05, 0) is 66.6 Å². The largest absolute Gasteiger partial charge is 0.504 e. The van der Waals surface area contributed by atoms with E-state index in [1.54, 1.807) is 31.4 Å². The number of hydrogen-bond acceptors (Lipinski definition) is 6. The molecule has 0 spiro atoms. The number of ether oxygens (including phenoxy) is 2. The van der Waals surface area contributed by atoms with Crippen LogP contribution in [-0.4, -0.2) is 30.4 Å². The molecule has 2 N–H and O–H groups in total. The summed E-state index contributed by atoms with van der Waals surface area (Å²) in [5.41, 5.74) is 3.11. The van der Waals surface area contributed by atoms with E-state index in [2.05, 4.69) is 16.9 Å². The van der Waals surface area contributed by atoms with Crippen molar-refractivity contribution < 1.29 is 19.4 Å². The number of aryl methyl sites for hydroxylation is 1. The molecule has 1 fully saturated rings. The maximum atomic E-state index is 12.4. The van der Waals surface area contributed by atoms with Crippen molar-refractivity contribution in [2.45, 2.75) is 13.3 Å². The van der Waals surface area contributed by atoms with E-state index in [1.807, 2.05) is 25.1 Å². The van der Waals surface area contributed by atoms with Gasteiger partial charge in [0.25, 0.3) is 5.91 Å². The van der Waals surface area contributed by atoms with Gasteiger partial charge in [0.2, 0.25) is 0 Å². The molecule has 0 atom stereocenters. The van der Waals surface area contributed by atoms with Crippen LogP contribution in [0.25, 0.3) is 6.08 Å². The van der Waals surface area contributed by atoms with E-state index in [-0.39, 0.29) is 11.7 Å². The SMILES string of the molecule is C=CCc1cc(/C=C2\SC(=Nc3cc(C)ccc3OC)NC2=O)cc(OC)c1O. The quantitative estimate of drug-likeness (QED) is 0.547. The van der Waals surface area contributed by atoms with Crippen LogP contribution in [0.4, 0.5) is 5.69 Å². The lowest BCUT2D eigenvalue weighted by atomic mass is 10.1. The van der Waals surface area contributed by atoms with Gasteiger partial charge in [0.05, 0.1) is 19.1 Å². The summed E-state index contributed by atoms with van der Waals surface area (Å²) in [5.74, 6) is 0.815. The number of aliphatic imine (C=N–C) groups is 1. The predicted octanol–water partition coefficient (Wildman–Crippen LogP) is 4.34. The molecule has 1 aliphatic rings. The Kier molecular flexibility index (Phi) is 6.29. The fraction of sp³-hybridized carbons (Fsp3) is 0.182. The molecule has 1 amide bonds. The van der Waals surface area contributed by atoms with Crippen molar-refractivity contribution in [1.29, 1.82) is 0 Å². The predicted molar refractivity (Wildman–Crippen MR) is 117 cm³/mol. The number of allylic oxidation sites excluding steroid dienone is 1. The summed E-state index contributed by atoms with van der Waals surface area (Å²) in [6.07, 6.45) is 3.92. The lowest BCUT2D eigenvalue weighted by Gasteiger charge is -2.09. The van der Waals surface area contributed by atoms with Crippen LogP contribution in [0.3, 0.4) is 0 Å². The monoisotopic (exact) mass is 410 g/mol. The third kappa shape index (κ3) is 4.63. The highest BCUT2D eigenvalue weighted by Crippen LogP contribution is 2.36. The van der Waals surface area contributed by atoms with Gasteiger partial charge in [0, 0.05) is 5.56 Å². The second-order valence-corrected chi connectivity index (χ2v) is 7.41. The lowest BCUT2D eigenvalue weighted by molar-refractivity contribution is -0.115. The van der Waals surface area contributed by atoms with E-state index in [1.165, 1.54) is 18.9 Å². The summed E-state index contributed by atoms with van der Waals surface area (Å²) < 4.78 is 10.6. The minimum Gasteiger partial charge on any atom is -0.504 e. The number of phenolic OH excluding ortho intramolecular Hbond substituents is 1. The molecule has 1 aliphatic heterocycles. The Morgan fingerprint density at radius 1 is 1.21 bits per heavy atom. The van der Waals surface area contributed by atoms with Crippen molar-refractivity contribution in [3.63, 3.8) is 0 Å². The van der Waals surface area contributed by atoms with E-state index >= 15 is 0 Å². The fourth-order valence-corrected chi connectivity index (χ4v) is 3.70. The summed E-state index contributed by atoms with van der Waals surface area (Å²) in [6, 6.07) is 9.16. The third-order valence-electron chi connectivity index (χ3n) is 4.27. The summed E-state index contributed by atoms with van der Waals surface area (Å²) in [5, 5.41) is 13.5. The van der Waals surface area contributed by atoms with Crippen molar-refractivity contribution in [2.24, 2.45) is 4.99 Å². The van der Waals surface area contributed by atoms with E-state index in [0.29, 0.717) is 39.2 Å². The summed E-state index contributed by atoms with van der Waals surface area (Å²) >= 11 is 1.24. The number of amides is 1. The van der Waals surface area contributed by atoms with Crippen LogP contribution in [0.1, 0.15) is 16.7 Å². The molecular weight excluding hydrogens is 388 g/mol. The fourth-order valence-electron chi connectivity index (χ4n) is 2.87. The normalized spacial score (nSPS) is 16.2. The number of amidine groups is 1. The van der Waals surface area contributed by atoms with Gasteiger partial charge in [0.15, 0.2) is 16.7 Å². The highest BCUT2D eigenvalue weighted by Gasteiger charge is 2.24. The molecule has 1 heterocycles. The van der Waals surface area contributed by atoms with Gasteiger partial charge in [0.1, 0.15) is 11.4 Å². The first-order chi connectivity index (χ1) is 13.9. The van der Waals surface area contributed by atoms with Crippen molar-refractivity contribution in [1.82, 2.24) is 5.32 Å². The maximum Gasteiger partial charge on any atom is 0.264 e. The Bertz CT molecular complexity index is 1030. The van der Waals surface area contributed by atoms with Crippen molar-refractivity contribution in [2.75, 3.05) is 14.2 Å². The average Bonchev–Trinajstić information content (AvgIpc) is 3.03. The second kappa shape index (κ2) is 8.87. The first-order valence-electron chi connectivity index (χ1n) is 8.90. The van der Waals surface area contributed by atoms with Crippen LogP contribution in [0.15, 0.2) is 52.9 Å². The average molecular weight is 410 g/mol. The zero-order valence-corrected chi connectivity index (χ0v) is 17.3. The lowest BCUT2D eigenvalue weighted by Crippen LogP contribution is -2.19. The van der Waals surface area contributed by atoms with Crippen molar-refractivity contribution in [3.05, 3.63) is 64.6 Å². The molecule has 0 saturated carbocycles. The Balaban J connectivity index is 1.93. The molecule has 2 aromatic rings. The number of benzene rings is 2. The standard InChI is InChI=1S/C22H22N2O4S/c1-5-6-15-10-14(11-18(28-4)20(15)25)12-19-21(26)24-22(29-19)23-16-9-13(2)7-8-17(16)27-3/h5,7-12,25H,1,6H2,2-4H3,(H,23,24,26)/b19-12-. The van der Waals surface area contributed by atoms with Gasteiger partial charge < -0.3 is 19.9 Å². The molecule has 7 heteroatoms. The molecule has 29 heavy (non-hydrogen) atoms. The van der Waals surface area contributed by atoms with Gasteiger partial charge in [-0.2, -0.15) is 0 Å². The molecule has 6 nitrogen and oxygen atoms in total. The molecule has 0 radical (unpaired) electrons. The Labute approximate surface area is 174 Å². The number of carbonyl (C=O) groups is 1. The molecule has 3 rings (SSSR count). The molecule has 150 valence electrons.